The zero-order chi connectivity index (χ0) is 18.6. The smallest absolute Gasteiger partial charge is 0.297 e. The third-order valence-electron chi connectivity index (χ3n) is 5.11. The molecule has 1 aromatic rings. The molecular formula is C18H24N2O5. The molecule has 1 aromatic carbocycles. The summed E-state index contributed by atoms with van der Waals surface area (Å²) < 4.78 is 17.9. The molecule has 2 atom stereocenters. The Kier molecular flexibility index (Phi) is 4.04. The number of benzene rings is 1. The monoisotopic (exact) mass is 348 g/mol. The molecule has 25 heavy (non-hydrogen) atoms. The van der Waals surface area contributed by atoms with Crippen LogP contribution in [0.4, 0.5) is 5.69 Å². The molecule has 2 heterocycles. The van der Waals surface area contributed by atoms with E-state index in [4.69, 9.17) is 14.2 Å². The van der Waals surface area contributed by atoms with Gasteiger partial charge in [-0.2, -0.15) is 0 Å². The lowest BCUT2D eigenvalue weighted by molar-refractivity contribution is -0.385. The van der Waals surface area contributed by atoms with Gasteiger partial charge in [-0.15, -0.1) is 0 Å². The van der Waals surface area contributed by atoms with Gasteiger partial charge in [-0.3, -0.25) is 10.1 Å². The van der Waals surface area contributed by atoms with Gasteiger partial charge in [-0.1, -0.05) is 0 Å². The maximum Gasteiger partial charge on any atom is 0.297 e. The van der Waals surface area contributed by atoms with Gasteiger partial charge >= 0.3 is 0 Å². The van der Waals surface area contributed by atoms with Gasteiger partial charge in [-0.05, 0) is 47.2 Å². The highest BCUT2D eigenvalue weighted by atomic mass is 16.7. The topological polar surface area (TPSA) is 74.1 Å². The second-order valence-corrected chi connectivity index (χ2v) is 7.34. The van der Waals surface area contributed by atoms with Crippen LogP contribution in [0, 0.1) is 10.1 Å². The molecule has 7 heteroatoms. The molecule has 2 aliphatic heterocycles. The van der Waals surface area contributed by atoms with Gasteiger partial charge < -0.3 is 14.2 Å². The molecule has 0 amide bonds. The Morgan fingerprint density at radius 3 is 2.68 bits per heavy atom. The van der Waals surface area contributed by atoms with E-state index < -0.39 is 10.8 Å². The maximum absolute atomic E-state index is 11.2. The van der Waals surface area contributed by atoms with Gasteiger partial charge in [0.25, 0.3) is 11.6 Å². The fourth-order valence-corrected chi connectivity index (χ4v) is 3.71. The fourth-order valence-electron chi connectivity index (χ4n) is 3.71. The quantitative estimate of drug-likeness (QED) is 0.601. The van der Waals surface area contributed by atoms with Crippen molar-refractivity contribution in [1.29, 1.82) is 0 Å². The van der Waals surface area contributed by atoms with Gasteiger partial charge in [0.05, 0.1) is 24.2 Å². The van der Waals surface area contributed by atoms with E-state index in [9.17, 15) is 10.1 Å². The van der Waals surface area contributed by atoms with Crippen LogP contribution in [0.2, 0.25) is 0 Å². The molecule has 0 radical (unpaired) electrons. The first-order valence-corrected chi connectivity index (χ1v) is 8.26. The molecule has 0 bridgehead atoms. The van der Waals surface area contributed by atoms with Gasteiger partial charge in [0.15, 0.2) is 11.5 Å². The number of nitro groups is 1. The molecule has 1 spiro atoms. The number of fused-ring (bicyclic) bond motifs is 1. The molecule has 0 aromatic heterocycles. The summed E-state index contributed by atoms with van der Waals surface area (Å²) >= 11 is 0. The van der Waals surface area contributed by atoms with Crippen LogP contribution in [-0.4, -0.2) is 41.5 Å². The van der Waals surface area contributed by atoms with E-state index in [-0.39, 0.29) is 17.3 Å². The van der Waals surface area contributed by atoms with E-state index in [0.717, 1.165) is 12.0 Å². The zero-order valence-corrected chi connectivity index (χ0v) is 15.5. The minimum absolute atomic E-state index is 0.000133. The van der Waals surface area contributed by atoms with E-state index >= 15 is 0 Å². The average Bonchev–Trinajstić information content (AvgIpc) is 2.52. The first-order chi connectivity index (χ1) is 11.6. The van der Waals surface area contributed by atoms with E-state index in [2.05, 4.69) is 18.7 Å². The summed E-state index contributed by atoms with van der Waals surface area (Å²) in [6.45, 7) is 8.23. The first-order valence-electron chi connectivity index (χ1n) is 8.26. The molecule has 1 fully saturated rings. The number of hydrogen-bond acceptors (Lipinski definition) is 6. The van der Waals surface area contributed by atoms with Crippen molar-refractivity contribution in [2.45, 2.75) is 51.7 Å². The minimum atomic E-state index is -1.06. The van der Waals surface area contributed by atoms with E-state index in [1.54, 1.807) is 0 Å². The van der Waals surface area contributed by atoms with Crippen molar-refractivity contribution in [3.8, 4) is 11.5 Å². The summed E-state index contributed by atoms with van der Waals surface area (Å²) in [5.41, 5.74) is 1.27. The molecule has 2 unspecified atom stereocenters. The van der Waals surface area contributed by atoms with Crippen molar-refractivity contribution in [1.82, 2.24) is 4.90 Å². The van der Waals surface area contributed by atoms with Crippen molar-refractivity contribution < 1.29 is 19.1 Å². The Morgan fingerprint density at radius 2 is 2.08 bits per heavy atom. The Bertz CT molecular complexity index is 758. The fraction of sp³-hybridized carbons (Fsp3) is 0.556. The van der Waals surface area contributed by atoms with Crippen molar-refractivity contribution >= 4 is 11.8 Å². The molecule has 2 aliphatic rings. The molecular weight excluding hydrogens is 324 g/mol. The summed E-state index contributed by atoms with van der Waals surface area (Å²) in [5, 5.41) is 11.2. The van der Waals surface area contributed by atoms with Crippen LogP contribution in [0.15, 0.2) is 17.7 Å². The molecule has 0 N–H and O–H groups in total. The number of rotatable bonds is 2. The summed E-state index contributed by atoms with van der Waals surface area (Å²) in [4.78, 5) is 12.8. The molecule has 0 aliphatic carbocycles. The van der Waals surface area contributed by atoms with Crippen LogP contribution >= 0.6 is 0 Å². The maximum atomic E-state index is 11.2. The second-order valence-electron chi connectivity index (χ2n) is 7.34. The normalized spacial score (nSPS) is 28.1. The van der Waals surface area contributed by atoms with Crippen LogP contribution in [-0.2, 0) is 4.74 Å². The minimum Gasteiger partial charge on any atom is -0.493 e. The number of nitro benzene ring substituents is 1. The van der Waals surface area contributed by atoms with E-state index in [0.29, 0.717) is 17.1 Å². The molecule has 3 rings (SSSR count). The van der Waals surface area contributed by atoms with Crippen LogP contribution in [0.5, 0.6) is 11.5 Å². The number of nitrogens with zero attached hydrogens (tertiary/aromatic N) is 2. The summed E-state index contributed by atoms with van der Waals surface area (Å²) in [5.74, 6) is -0.284. The summed E-state index contributed by atoms with van der Waals surface area (Å²) in [7, 11) is 3.44. The predicted molar refractivity (Wildman–Crippen MR) is 93.7 cm³/mol. The lowest BCUT2D eigenvalue weighted by Gasteiger charge is -2.55. The van der Waals surface area contributed by atoms with Crippen LogP contribution in [0.25, 0.3) is 6.08 Å². The lowest BCUT2D eigenvalue weighted by atomic mass is 9.89. The van der Waals surface area contributed by atoms with Crippen molar-refractivity contribution in [2.24, 2.45) is 0 Å². The molecule has 1 saturated heterocycles. The largest absolute Gasteiger partial charge is 0.493 e. The van der Waals surface area contributed by atoms with E-state index in [1.165, 1.54) is 19.2 Å². The van der Waals surface area contributed by atoms with Crippen molar-refractivity contribution in [3.05, 3.63) is 33.4 Å². The number of methoxy groups -OCH3 is 1. The molecule has 0 saturated carbocycles. The number of likely N-dealkylation sites (N-methyl/N-ethyl adjacent to an activating group) is 1. The average molecular weight is 348 g/mol. The lowest BCUT2D eigenvalue weighted by Crippen LogP contribution is -2.67. The molecule has 7 nitrogen and oxygen atoms in total. The highest BCUT2D eigenvalue weighted by Gasteiger charge is 2.54. The Balaban J connectivity index is 2.16. The van der Waals surface area contributed by atoms with Gasteiger partial charge in [0, 0.05) is 22.7 Å². The summed E-state index contributed by atoms with van der Waals surface area (Å²) in [6, 6.07) is 2.87. The summed E-state index contributed by atoms with van der Waals surface area (Å²) in [6.07, 6.45) is 2.74. The highest BCUT2D eigenvalue weighted by molar-refractivity contribution is 5.70. The SMILES string of the molecule is COc1cc([N+](=O)[O-])cc2c1OC1(OC(C)CC(C)(C)N1C)C(C)=C2. The predicted octanol–water partition coefficient (Wildman–Crippen LogP) is 3.57. The van der Waals surface area contributed by atoms with E-state index in [1.807, 2.05) is 27.0 Å². The van der Waals surface area contributed by atoms with Crippen LogP contribution in [0.1, 0.15) is 39.7 Å². The van der Waals surface area contributed by atoms with Crippen molar-refractivity contribution in [3.63, 3.8) is 0 Å². The zero-order valence-electron chi connectivity index (χ0n) is 15.5. The third-order valence-corrected chi connectivity index (χ3v) is 5.11. The standard InChI is InChI=1S/C18H24N2O5/c1-11-7-13-8-14(20(21)22)9-15(23-6)16(13)25-18(11)19(5)17(3,4)10-12(2)24-18/h7-9,12H,10H2,1-6H3. The number of non-ortho nitro benzene ring substituents is 1. The number of ether oxygens (including phenoxy) is 3. The van der Waals surface area contributed by atoms with Gasteiger partial charge in [-0.25, -0.2) is 4.90 Å². The molecule has 136 valence electrons. The Hall–Kier alpha value is -2.12. The first kappa shape index (κ1) is 17.7. The Labute approximate surface area is 147 Å². The van der Waals surface area contributed by atoms with Gasteiger partial charge in [0.2, 0.25) is 0 Å². The van der Waals surface area contributed by atoms with Crippen LogP contribution < -0.4 is 9.47 Å². The van der Waals surface area contributed by atoms with Crippen molar-refractivity contribution in [2.75, 3.05) is 14.2 Å². The Morgan fingerprint density at radius 1 is 1.40 bits per heavy atom. The van der Waals surface area contributed by atoms with Crippen LogP contribution in [0.3, 0.4) is 0 Å². The number of hydrogen-bond donors (Lipinski definition) is 0. The third kappa shape index (κ3) is 2.67. The second kappa shape index (κ2) is 5.71. The highest BCUT2D eigenvalue weighted by Crippen LogP contribution is 2.49. The van der Waals surface area contributed by atoms with Gasteiger partial charge in [0.1, 0.15) is 0 Å².